The zero-order valence-corrected chi connectivity index (χ0v) is 18.7. The van der Waals surface area contributed by atoms with Gasteiger partial charge in [-0.15, -0.1) is 0 Å². The zero-order valence-electron chi connectivity index (χ0n) is 17.2. The molecule has 1 atom stereocenters. The van der Waals surface area contributed by atoms with Crippen LogP contribution in [0.3, 0.4) is 0 Å². The molecule has 0 aliphatic rings. The predicted molar refractivity (Wildman–Crippen MR) is 124 cm³/mol. The second-order valence-corrected chi connectivity index (χ2v) is 7.77. The summed E-state index contributed by atoms with van der Waals surface area (Å²) in [5.74, 6) is 4.81. The number of hydrogen-bond acceptors (Lipinski definition) is 6. The number of carbonyl (C=O) groups is 1. The summed E-state index contributed by atoms with van der Waals surface area (Å²) in [6.07, 6.45) is 0.938. The first-order valence-electron chi connectivity index (χ1n) is 9.65. The fourth-order valence-corrected chi connectivity index (χ4v) is 3.77. The Morgan fingerprint density at radius 1 is 1.22 bits per heavy atom. The lowest BCUT2D eigenvalue weighted by Crippen LogP contribution is -2.36. The van der Waals surface area contributed by atoms with Gasteiger partial charge >= 0.3 is 0 Å². The van der Waals surface area contributed by atoms with E-state index in [1.165, 1.54) is 12.1 Å². The van der Waals surface area contributed by atoms with Crippen LogP contribution in [0.2, 0.25) is 10.0 Å². The Labute approximate surface area is 194 Å². The molecular formula is C22H22Cl2FN5O2. The van der Waals surface area contributed by atoms with E-state index in [0.717, 1.165) is 16.7 Å². The number of aromatic nitrogens is 1. The molecule has 7 nitrogen and oxygen atoms in total. The highest BCUT2D eigenvalue weighted by Gasteiger charge is 2.20. The monoisotopic (exact) mass is 477 g/mol. The Balaban J connectivity index is 1.83. The van der Waals surface area contributed by atoms with E-state index in [1.54, 1.807) is 19.2 Å². The number of nitrogen functional groups attached to an aromatic ring is 1. The molecule has 0 spiro atoms. The lowest BCUT2D eigenvalue weighted by atomic mass is 10.0. The average Bonchev–Trinajstić information content (AvgIpc) is 2.77. The molecule has 1 aromatic heterocycles. The summed E-state index contributed by atoms with van der Waals surface area (Å²) in [4.78, 5) is 15.8. The molecule has 0 radical (unpaired) electrons. The molecule has 0 aliphatic heterocycles. The Morgan fingerprint density at radius 2 is 2.00 bits per heavy atom. The molecule has 2 aromatic carbocycles. The van der Waals surface area contributed by atoms with Gasteiger partial charge in [0.25, 0.3) is 0 Å². The summed E-state index contributed by atoms with van der Waals surface area (Å²) in [6.45, 7) is 2.06. The molecule has 32 heavy (non-hydrogen) atoms. The number of nitrogens with zero attached hydrogens (tertiary/aromatic N) is 1. The Hall–Kier alpha value is -2.91. The van der Waals surface area contributed by atoms with E-state index in [9.17, 15) is 9.18 Å². The van der Waals surface area contributed by atoms with Crippen molar-refractivity contribution in [1.29, 1.82) is 0 Å². The van der Waals surface area contributed by atoms with E-state index in [1.807, 2.05) is 24.3 Å². The minimum absolute atomic E-state index is 0.0276. The van der Waals surface area contributed by atoms with Crippen LogP contribution >= 0.6 is 23.2 Å². The number of benzene rings is 2. The van der Waals surface area contributed by atoms with E-state index in [2.05, 4.69) is 15.7 Å². The van der Waals surface area contributed by atoms with Crippen LogP contribution in [-0.4, -0.2) is 17.4 Å². The van der Waals surface area contributed by atoms with Crippen LogP contribution in [0.4, 0.5) is 10.2 Å². The van der Waals surface area contributed by atoms with Crippen LogP contribution in [0.1, 0.15) is 24.2 Å². The minimum Gasteiger partial charge on any atom is -0.482 e. The quantitative estimate of drug-likeness (QED) is 0.221. The van der Waals surface area contributed by atoms with Crippen LogP contribution in [0.25, 0.3) is 11.1 Å². The topological polar surface area (TPSA) is 115 Å². The fraction of sp³-hybridized carbons (Fsp3) is 0.182. The Bertz CT molecular complexity index is 1130. The van der Waals surface area contributed by atoms with E-state index in [-0.39, 0.29) is 28.3 Å². The number of pyridine rings is 1. The maximum atomic E-state index is 13.9. The molecule has 3 rings (SSSR count). The summed E-state index contributed by atoms with van der Waals surface area (Å²) in [6, 6.07) is 11.9. The summed E-state index contributed by atoms with van der Waals surface area (Å²) < 4.78 is 19.8. The van der Waals surface area contributed by atoms with Crippen molar-refractivity contribution >= 4 is 34.9 Å². The van der Waals surface area contributed by atoms with Gasteiger partial charge in [0.05, 0.1) is 11.6 Å². The first-order chi connectivity index (χ1) is 15.3. The van der Waals surface area contributed by atoms with Gasteiger partial charge in [-0.25, -0.2) is 9.37 Å². The van der Waals surface area contributed by atoms with Crippen molar-refractivity contribution in [3.63, 3.8) is 0 Å². The molecule has 0 fully saturated rings. The maximum absolute atomic E-state index is 13.9. The Kier molecular flexibility index (Phi) is 7.87. The number of nitrogens with two attached hydrogens (primary N) is 2. The third-order valence-corrected chi connectivity index (χ3v) is 5.40. The van der Waals surface area contributed by atoms with Crippen molar-refractivity contribution in [2.75, 3.05) is 12.3 Å². The van der Waals surface area contributed by atoms with Crippen LogP contribution in [-0.2, 0) is 11.3 Å². The van der Waals surface area contributed by atoms with Crippen molar-refractivity contribution in [3.8, 4) is 16.9 Å². The van der Waals surface area contributed by atoms with Gasteiger partial charge in [-0.3, -0.25) is 16.1 Å². The number of amides is 1. The SMILES string of the molecule is CC(Oc1cc(-c2cccc(CNC(=O)CNN)c2)cnc1N)c1c(Cl)ccc(F)c1Cl. The van der Waals surface area contributed by atoms with Gasteiger partial charge in [-0.2, -0.15) is 0 Å². The zero-order chi connectivity index (χ0) is 23.3. The van der Waals surface area contributed by atoms with Crippen LogP contribution in [0.5, 0.6) is 5.75 Å². The summed E-state index contributed by atoms with van der Waals surface area (Å²) >= 11 is 12.3. The number of carbonyl (C=O) groups excluding carboxylic acids is 1. The first-order valence-corrected chi connectivity index (χ1v) is 10.4. The summed E-state index contributed by atoms with van der Waals surface area (Å²) in [7, 11) is 0. The highest BCUT2D eigenvalue weighted by Crippen LogP contribution is 2.37. The lowest BCUT2D eigenvalue weighted by molar-refractivity contribution is -0.120. The first kappa shape index (κ1) is 23.7. The van der Waals surface area contributed by atoms with E-state index in [0.29, 0.717) is 17.9 Å². The molecule has 0 saturated carbocycles. The largest absolute Gasteiger partial charge is 0.482 e. The molecule has 0 saturated heterocycles. The van der Waals surface area contributed by atoms with Crippen molar-refractivity contribution in [2.24, 2.45) is 5.84 Å². The van der Waals surface area contributed by atoms with Gasteiger partial charge in [-0.05, 0) is 42.3 Å². The second-order valence-electron chi connectivity index (χ2n) is 6.98. The van der Waals surface area contributed by atoms with Gasteiger partial charge in [-0.1, -0.05) is 41.4 Å². The molecule has 168 valence electrons. The van der Waals surface area contributed by atoms with Crippen LogP contribution in [0.15, 0.2) is 48.7 Å². The number of halogens is 3. The molecule has 10 heteroatoms. The number of anilines is 1. The van der Waals surface area contributed by atoms with E-state index >= 15 is 0 Å². The average molecular weight is 478 g/mol. The van der Waals surface area contributed by atoms with Crippen molar-refractivity contribution in [2.45, 2.75) is 19.6 Å². The predicted octanol–water partition coefficient (Wildman–Crippen LogP) is 4.00. The summed E-state index contributed by atoms with van der Waals surface area (Å²) in [5.41, 5.74) is 11.1. The third-order valence-electron chi connectivity index (χ3n) is 4.68. The molecule has 1 unspecified atom stereocenters. The number of ether oxygens (including phenoxy) is 1. The van der Waals surface area contributed by atoms with Gasteiger partial charge in [0.2, 0.25) is 5.91 Å². The smallest absolute Gasteiger partial charge is 0.235 e. The number of hydrazine groups is 1. The normalized spacial score (nSPS) is 11.8. The number of hydrogen-bond donors (Lipinski definition) is 4. The van der Waals surface area contributed by atoms with Gasteiger partial charge < -0.3 is 15.8 Å². The molecule has 0 aliphatic carbocycles. The van der Waals surface area contributed by atoms with Gasteiger partial charge in [0.15, 0.2) is 11.6 Å². The van der Waals surface area contributed by atoms with Crippen LogP contribution < -0.4 is 27.1 Å². The minimum atomic E-state index is -0.678. The van der Waals surface area contributed by atoms with Crippen molar-refractivity contribution < 1.29 is 13.9 Å². The van der Waals surface area contributed by atoms with Crippen LogP contribution in [0, 0.1) is 5.82 Å². The molecule has 3 aromatic rings. The summed E-state index contributed by atoms with van der Waals surface area (Å²) in [5, 5.41) is 2.94. The molecule has 1 amide bonds. The standard InChI is InChI=1S/C22H22Cl2FN5O2/c1-12(20-16(23)5-6-17(25)21(20)24)32-18-8-15(10-29-22(18)26)14-4-2-3-13(7-14)9-28-19(31)11-30-27/h2-8,10,12,30H,9,11,27H2,1H3,(H2,26,29)(H,28,31). The third kappa shape index (κ3) is 5.66. The van der Waals surface area contributed by atoms with Gasteiger partial charge in [0, 0.05) is 28.9 Å². The van der Waals surface area contributed by atoms with Gasteiger partial charge in [0.1, 0.15) is 11.9 Å². The molecule has 6 N–H and O–H groups in total. The maximum Gasteiger partial charge on any atom is 0.235 e. The number of rotatable bonds is 8. The second kappa shape index (κ2) is 10.6. The van der Waals surface area contributed by atoms with Crippen molar-refractivity contribution in [1.82, 2.24) is 15.7 Å². The molecule has 0 bridgehead atoms. The van der Waals surface area contributed by atoms with E-state index in [4.69, 9.17) is 39.5 Å². The fourth-order valence-electron chi connectivity index (χ4n) is 3.09. The van der Waals surface area contributed by atoms with Crippen molar-refractivity contribution in [3.05, 3.63) is 75.7 Å². The van der Waals surface area contributed by atoms with E-state index < -0.39 is 11.9 Å². The Morgan fingerprint density at radius 3 is 2.75 bits per heavy atom. The lowest BCUT2D eigenvalue weighted by Gasteiger charge is -2.19. The highest BCUT2D eigenvalue weighted by atomic mass is 35.5. The molecule has 1 heterocycles. The number of nitrogens with one attached hydrogen (secondary N) is 2. The highest BCUT2D eigenvalue weighted by molar-refractivity contribution is 6.36. The molecular weight excluding hydrogens is 456 g/mol.